The predicted octanol–water partition coefficient (Wildman–Crippen LogP) is 3.42. The number of nitrogens with zero attached hydrogens (tertiary/aromatic N) is 1. The molecule has 1 heterocycles. The number of benzene rings is 1. The molecule has 0 N–H and O–H groups in total. The Morgan fingerprint density at radius 1 is 1.20 bits per heavy atom. The molecule has 0 saturated heterocycles. The fraction of sp³-hybridized carbons (Fsp3) is 0.231. The second-order valence-electron chi connectivity index (χ2n) is 3.58. The average Bonchev–Trinajstić information content (AvgIpc) is 2.78. The molecule has 1 aliphatic heterocycles. The van der Waals surface area contributed by atoms with Crippen molar-refractivity contribution in [2.24, 2.45) is 0 Å². The normalized spacial score (nSPS) is 22.1. The van der Waals surface area contributed by atoms with Crippen molar-refractivity contribution < 1.29 is 0 Å². The van der Waals surface area contributed by atoms with E-state index in [1.54, 1.807) is 0 Å². The fourth-order valence-electron chi connectivity index (χ4n) is 1.66. The van der Waals surface area contributed by atoms with Crippen LogP contribution in [0.25, 0.3) is 4.91 Å². The van der Waals surface area contributed by atoms with Crippen LogP contribution in [0, 0.1) is 0 Å². The molecule has 1 nitrogen and oxygen atoms in total. The van der Waals surface area contributed by atoms with Gasteiger partial charge in [-0.1, -0.05) is 43.3 Å². The Hall–Kier alpha value is -0.990. The van der Waals surface area contributed by atoms with Crippen LogP contribution in [0.2, 0.25) is 0 Å². The maximum Gasteiger partial charge on any atom is 0.0106 e. The summed E-state index contributed by atoms with van der Waals surface area (Å²) >= 11 is -0.232. The molecule has 0 aliphatic carbocycles. The Morgan fingerprint density at radius 3 is 2.60 bits per heavy atom. The first-order valence-electron chi connectivity index (χ1n) is 5.27. The Labute approximate surface area is 94.6 Å². The van der Waals surface area contributed by atoms with Crippen LogP contribution in [0.15, 0.2) is 47.9 Å². The van der Waals surface area contributed by atoms with Crippen molar-refractivity contribution in [1.82, 2.24) is 4.31 Å². The highest BCUT2D eigenvalue weighted by molar-refractivity contribution is 8.25. The summed E-state index contributed by atoms with van der Waals surface area (Å²) in [5, 5.41) is 2.32. The van der Waals surface area contributed by atoms with E-state index in [0.29, 0.717) is 0 Å². The van der Waals surface area contributed by atoms with E-state index in [1.807, 2.05) is 0 Å². The van der Waals surface area contributed by atoms with Crippen LogP contribution in [0.1, 0.15) is 12.5 Å². The topological polar surface area (TPSA) is 3.24 Å². The van der Waals surface area contributed by atoms with Crippen LogP contribution in [0.5, 0.6) is 0 Å². The van der Waals surface area contributed by atoms with Gasteiger partial charge in [-0.25, -0.2) is 0 Å². The van der Waals surface area contributed by atoms with Crippen LogP contribution in [-0.4, -0.2) is 17.9 Å². The standard InChI is InChI=1S/C13H17NS/c1-3-14(2)15-11-7-10-13(15)12-8-5-4-6-9-12/h4-11,15H,3H2,1-2H3. The molecule has 0 amide bonds. The zero-order valence-electron chi connectivity index (χ0n) is 9.22. The van der Waals surface area contributed by atoms with E-state index in [4.69, 9.17) is 0 Å². The Morgan fingerprint density at radius 2 is 1.93 bits per heavy atom. The van der Waals surface area contributed by atoms with Gasteiger partial charge >= 0.3 is 0 Å². The van der Waals surface area contributed by atoms with E-state index >= 15 is 0 Å². The molecule has 15 heavy (non-hydrogen) atoms. The van der Waals surface area contributed by atoms with Gasteiger partial charge in [0.25, 0.3) is 0 Å². The van der Waals surface area contributed by atoms with Gasteiger partial charge in [0, 0.05) is 11.4 Å². The van der Waals surface area contributed by atoms with Crippen molar-refractivity contribution in [2.45, 2.75) is 6.92 Å². The molecule has 0 saturated carbocycles. The van der Waals surface area contributed by atoms with Gasteiger partial charge in [0.2, 0.25) is 0 Å². The first-order valence-corrected chi connectivity index (χ1v) is 6.63. The van der Waals surface area contributed by atoms with E-state index in [-0.39, 0.29) is 11.1 Å². The number of hydrogen-bond acceptors (Lipinski definition) is 1. The van der Waals surface area contributed by atoms with Crippen molar-refractivity contribution in [3.63, 3.8) is 0 Å². The molecule has 1 unspecified atom stereocenters. The third kappa shape index (κ3) is 2.16. The second kappa shape index (κ2) is 4.69. The fourth-order valence-corrected chi connectivity index (χ4v) is 3.62. The van der Waals surface area contributed by atoms with Gasteiger partial charge in [0.1, 0.15) is 0 Å². The Bertz CT molecular complexity index is 381. The summed E-state index contributed by atoms with van der Waals surface area (Å²) in [4.78, 5) is 1.47. The summed E-state index contributed by atoms with van der Waals surface area (Å²) < 4.78 is 2.41. The maximum atomic E-state index is 2.41. The summed E-state index contributed by atoms with van der Waals surface area (Å²) in [5.74, 6) is 0. The summed E-state index contributed by atoms with van der Waals surface area (Å²) in [6.07, 6.45) is 4.42. The molecule has 1 aromatic rings. The van der Waals surface area contributed by atoms with Gasteiger partial charge in [0.15, 0.2) is 0 Å². The van der Waals surface area contributed by atoms with Gasteiger partial charge in [-0.2, -0.15) is 11.1 Å². The van der Waals surface area contributed by atoms with E-state index in [1.165, 1.54) is 10.5 Å². The average molecular weight is 219 g/mol. The summed E-state index contributed by atoms with van der Waals surface area (Å²) in [7, 11) is 2.19. The molecule has 1 atom stereocenters. The quantitative estimate of drug-likeness (QED) is 0.762. The molecule has 0 bridgehead atoms. The van der Waals surface area contributed by atoms with E-state index in [9.17, 15) is 0 Å². The van der Waals surface area contributed by atoms with Gasteiger partial charge in [-0.15, -0.1) is 0 Å². The molecule has 0 fully saturated rings. The molecule has 80 valence electrons. The molecule has 0 radical (unpaired) electrons. The van der Waals surface area contributed by atoms with Crippen molar-refractivity contribution in [2.75, 3.05) is 13.6 Å². The van der Waals surface area contributed by atoms with Crippen molar-refractivity contribution in [1.29, 1.82) is 0 Å². The molecule has 0 spiro atoms. The highest BCUT2D eigenvalue weighted by atomic mass is 32.2. The largest absolute Gasteiger partial charge is 0.266 e. The highest BCUT2D eigenvalue weighted by Gasteiger charge is 2.15. The van der Waals surface area contributed by atoms with E-state index in [0.717, 1.165) is 6.54 Å². The van der Waals surface area contributed by atoms with Crippen LogP contribution in [0.3, 0.4) is 0 Å². The van der Waals surface area contributed by atoms with Crippen molar-refractivity contribution >= 4 is 16.0 Å². The number of allylic oxidation sites excluding steroid dienone is 2. The van der Waals surface area contributed by atoms with E-state index in [2.05, 4.69) is 66.2 Å². The first kappa shape index (κ1) is 10.5. The molecule has 2 rings (SSSR count). The van der Waals surface area contributed by atoms with Gasteiger partial charge < -0.3 is 0 Å². The lowest BCUT2D eigenvalue weighted by Crippen LogP contribution is -2.12. The summed E-state index contributed by atoms with van der Waals surface area (Å²) in [5.41, 5.74) is 1.36. The molecular weight excluding hydrogens is 202 g/mol. The molecule has 1 aliphatic rings. The van der Waals surface area contributed by atoms with Gasteiger partial charge in [-0.3, -0.25) is 4.31 Å². The molecule has 1 aromatic carbocycles. The number of rotatable bonds is 3. The van der Waals surface area contributed by atoms with Gasteiger partial charge in [0.05, 0.1) is 0 Å². The minimum atomic E-state index is -0.232. The van der Waals surface area contributed by atoms with Crippen LogP contribution >= 0.6 is 11.1 Å². The summed E-state index contributed by atoms with van der Waals surface area (Å²) in [6, 6.07) is 10.7. The molecular formula is C13H17NS. The van der Waals surface area contributed by atoms with Crippen LogP contribution in [0.4, 0.5) is 0 Å². The smallest absolute Gasteiger partial charge is 0.0106 e. The predicted molar refractivity (Wildman–Crippen MR) is 70.8 cm³/mol. The SMILES string of the molecule is CCN(C)[SH]1C=CC=C1c1ccccc1. The maximum absolute atomic E-state index is 2.41. The van der Waals surface area contributed by atoms with Crippen molar-refractivity contribution in [3.8, 4) is 0 Å². The Balaban J connectivity index is 2.24. The zero-order chi connectivity index (χ0) is 10.7. The lowest BCUT2D eigenvalue weighted by molar-refractivity contribution is 0.602. The highest BCUT2D eigenvalue weighted by Crippen LogP contribution is 2.48. The van der Waals surface area contributed by atoms with E-state index < -0.39 is 0 Å². The summed E-state index contributed by atoms with van der Waals surface area (Å²) in [6.45, 7) is 3.30. The number of thiol groups is 1. The third-order valence-corrected chi connectivity index (χ3v) is 5.00. The lowest BCUT2D eigenvalue weighted by Gasteiger charge is -2.28. The minimum Gasteiger partial charge on any atom is -0.266 e. The van der Waals surface area contributed by atoms with Gasteiger partial charge in [-0.05, 0) is 24.1 Å². The van der Waals surface area contributed by atoms with Crippen molar-refractivity contribution in [3.05, 3.63) is 53.5 Å². The molecule has 0 aromatic heterocycles. The Kier molecular flexibility index (Phi) is 3.29. The zero-order valence-corrected chi connectivity index (χ0v) is 10.1. The van der Waals surface area contributed by atoms with Crippen LogP contribution < -0.4 is 0 Å². The minimum absolute atomic E-state index is 0.232. The first-order chi connectivity index (χ1) is 7.33. The second-order valence-corrected chi connectivity index (χ2v) is 5.73. The monoisotopic (exact) mass is 219 g/mol. The van der Waals surface area contributed by atoms with Crippen LogP contribution in [-0.2, 0) is 0 Å². The number of hydrogen-bond donors (Lipinski definition) is 1. The lowest BCUT2D eigenvalue weighted by atomic mass is 10.2. The third-order valence-electron chi connectivity index (χ3n) is 2.62. The molecule has 2 heteroatoms.